The van der Waals surface area contributed by atoms with Crippen LogP contribution in [0.15, 0.2) is 61.1 Å². The zero-order valence-electron chi connectivity index (χ0n) is 13.3. The standard InChI is InChI=1S/C18H17N5O/c1-2-22-12-16(14-7-4-3-5-8-14)23(13-19)17(18(22)24)21-15-9-6-10-20-11-15/h3-12,17,21H,2H2,1H3. The Morgan fingerprint density at radius 3 is 2.67 bits per heavy atom. The number of anilines is 1. The van der Waals surface area contributed by atoms with E-state index in [9.17, 15) is 10.1 Å². The highest BCUT2D eigenvalue weighted by Crippen LogP contribution is 2.27. The Kier molecular flexibility index (Phi) is 4.43. The Labute approximate surface area is 140 Å². The molecule has 24 heavy (non-hydrogen) atoms. The molecular weight excluding hydrogens is 302 g/mol. The third-order valence-electron chi connectivity index (χ3n) is 3.80. The molecule has 0 aliphatic carbocycles. The van der Waals surface area contributed by atoms with Gasteiger partial charge in [-0.3, -0.25) is 9.78 Å². The minimum atomic E-state index is -0.806. The van der Waals surface area contributed by atoms with E-state index in [4.69, 9.17) is 0 Å². The van der Waals surface area contributed by atoms with Crippen LogP contribution in [0.4, 0.5) is 5.69 Å². The number of nitrogens with zero attached hydrogens (tertiary/aromatic N) is 4. The number of carbonyl (C=O) groups excluding carboxylic acids is 1. The van der Waals surface area contributed by atoms with Gasteiger partial charge in [0.15, 0.2) is 12.4 Å². The fourth-order valence-electron chi connectivity index (χ4n) is 2.59. The van der Waals surface area contributed by atoms with Gasteiger partial charge in [0.25, 0.3) is 5.91 Å². The van der Waals surface area contributed by atoms with Crippen LogP contribution in [-0.4, -0.2) is 33.4 Å². The van der Waals surface area contributed by atoms with Crippen LogP contribution in [0.3, 0.4) is 0 Å². The molecule has 2 heterocycles. The van der Waals surface area contributed by atoms with Crippen LogP contribution in [0.2, 0.25) is 0 Å². The van der Waals surface area contributed by atoms with Crippen molar-refractivity contribution in [3.8, 4) is 6.19 Å². The van der Waals surface area contributed by atoms with Crippen molar-refractivity contribution >= 4 is 17.3 Å². The van der Waals surface area contributed by atoms with E-state index in [0.717, 1.165) is 5.56 Å². The van der Waals surface area contributed by atoms with Gasteiger partial charge in [-0.15, -0.1) is 0 Å². The molecule has 0 spiro atoms. The number of likely N-dealkylation sites (N-methyl/N-ethyl adjacent to an activating group) is 1. The highest BCUT2D eigenvalue weighted by atomic mass is 16.2. The SMILES string of the molecule is CCN1C=C(c2ccccc2)N(C#N)C(Nc2cccnc2)C1=O. The number of nitriles is 1. The zero-order chi connectivity index (χ0) is 16.9. The van der Waals surface area contributed by atoms with Crippen molar-refractivity contribution in [2.45, 2.75) is 13.1 Å². The third-order valence-corrected chi connectivity index (χ3v) is 3.80. The predicted molar refractivity (Wildman–Crippen MR) is 90.9 cm³/mol. The third kappa shape index (κ3) is 2.92. The van der Waals surface area contributed by atoms with Gasteiger partial charge in [-0.1, -0.05) is 30.3 Å². The topological polar surface area (TPSA) is 72.3 Å². The summed E-state index contributed by atoms with van der Waals surface area (Å²) in [5.41, 5.74) is 2.24. The van der Waals surface area contributed by atoms with Crippen molar-refractivity contribution in [3.63, 3.8) is 0 Å². The normalized spacial score (nSPS) is 17.2. The van der Waals surface area contributed by atoms with Gasteiger partial charge in [-0.2, -0.15) is 5.26 Å². The van der Waals surface area contributed by atoms with Crippen molar-refractivity contribution in [3.05, 3.63) is 66.6 Å². The highest BCUT2D eigenvalue weighted by Gasteiger charge is 2.35. The van der Waals surface area contributed by atoms with E-state index < -0.39 is 6.17 Å². The summed E-state index contributed by atoms with van der Waals surface area (Å²) >= 11 is 0. The molecule has 2 aromatic rings. The van der Waals surface area contributed by atoms with Crippen molar-refractivity contribution in [1.82, 2.24) is 14.8 Å². The number of amides is 1. The lowest BCUT2D eigenvalue weighted by Gasteiger charge is -2.37. The van der Waals surface area contributed by atoms with Crippen molar-refractivity contribution in [2.24, 2.45) is 0 Å². The van der Waals surface area contributed by atoms with Crippen LogP contribution in [0.25, 0.3) is 5.70 Å². The first-order chi connectivity index (χ1) is 11.7. The lowest BCUT2D eigenvalue weighted by Crippen LogP contribution is -2.52. The van der Waals surface area contributed by atoms with E-state index in [2.05, 4.69) is 16.5 Å². The van der Waals surface area contributed by atoms with Gasteiger partial charge in [-0.25, -0.2) is 4.90 Å². The van der Waals surface area contributed by atoms with Crippen LogP contribution in [0, 0.1) is 11.5 Å². The molecule has 1 aromatic carbocycles. The molecule has 0 bridgehead atoms. The van der Waals surface area contributed by atoms with Crippen LogP contribution in [0.1, 0.15) is 12.5 Å². The summed E-state index contributed by atoms with van der Waals surface area (Å²) in [5.74, 6) is -0.178. The van der Waals surface area contributed by atoms with Crippen LogP contribution >= 0.6 is 0 Å². The molecule has 0 fully saturated rings. The van der Waals surface area contributed by atoms with E-state index in [1.807, 2.05) is 43.3 Å². The largest absolute Gasteiger partial charge is 0.355 e. The molecule has 1 atom stereocenters. The van der Waals surface area contributed by atoms with Crippen molar-refractivity contribution < 1.29 is 4.79 Å². The lowest BCUT2D eigenvalue weighted by molar-refractivity contribution is -0.132. The fourth-order valence-corrected chi connectivity index (χ4v) is 2.59. The van der Waals surface area contributed by atoms with Crippen molar-refractivity contribution in [2.75, 3.05) is 11.9 Å². The number of carbonyl (C=O) groups is 1. The van der Waals surface area contributed by atoms with Gasteiger partial charge in [0.1, 0.15) is 0 Å². The molecule has 1 unspecified atom stereocenters. The number of hydrogen-bond donors (Lipinski definition) is 1. The maximum Gasteiger partial charge on any atom is 0.271 e. The van der Waals surface area contributed by atoms with Gasteiger partial charge in [0.2, 0.25) is 0 Å². The second-order valence-corrected chi connectivity index (χ2v) is 5.26. The molecule has 1 aliphatic rings. The maximum atomic E-state index is 12.7. The first kappa shape index (κ1) is 15.6. The number of pyridine rings is 1. The predicted octanol–water partition coefficient (Wildman–Crippen LogP) is 2.46. The summed E-state index contributed by atoms with van der Waals surface area (Å²) in [7, 11) is 0. The highest BCUT2D eigenvalue weighted by molar-refractivity contribution is 5.91. The smallest absolute Gasteiger partial charge is 0.271 e. The Bertz CT molecular complexity index is 782. The summed E-state index contributed by atoms with van der Waals surface area (Å²) in [6.45, 7) is 2.43. The lowest BCUT2D eigenvalue weighted by atomic mass is 10.1. The van der Waals surface area contributed by atoms with Gasteiger partial charge in [0.05, 0.1) is 11.4 Å². The molecule has 1 amide bonds. The molecule has 1 aliphatic heterocycles. The fraction of sp³-hybridized carbons (Fsp3) is 0.167. The summed E-state index contributed by atoms with van der Waals surface area (Å²) in [5, 5.41) is 12.8. The average Bonchev–Trinajstić information content (AvgIpc) is 2.64. The number of rotatable bonds is 4. The Balaban J connectivity index is 2.01. The molecule has 120 valence electrons. The molecule has 3 rings (SSSR count). The van der Waals surface area contributed by atoms with E-state index >= 15 is 0 Å². The van der Waals surface area contributed by atoms with E-state index in [1.54, 1.807) is 29.6 Å². The molecule has 0 saturated heterocycles. The molecule has 6 heteroatoms. The molecule has 0 radical (unpaired) electrons. The van der Waals surface area contributed by atoms with E-state index in [1.165, 1.54) is 4.90 Å². The Hall–Kier alpha value is -3.33. The van der Waals surface area contributed by atoms with Gasteiger partial charge >= 0.3 is 0 Å². The first-order valence-electron chi connectivity index (χ1n) is 7.68. The van der Waals surface area contributed by atoms with E-state index in [0.29, 0.717) is 17.9 Å². The summed E-state index contributed by atoms with van der Waals surface area (Å²) in [6, 6.07) is 13.1. The average molecular weight is 319 g/mol. The molecule has 0 saturated carbocycles. The molecule has 1 aromatic heterocycles. The number of hydrogen-bond acceptors (Lipinski definition) is 5. The summed E-state index contributed by atoms with van der Waals surface area (Å²) in [4.78, 5) is 19.8. The van der Waals surface area contributed by atoms with E-state index in [-0.39, 0.29) is 5.91 Å². The molecular formula is C18H17N5O. The Morgan fingerprint density at radius 1 is 1.25 bits per heavy atom. The second kappa shape index (κ2) is 6.84. The molecule has 6 nitrogen and oxygen atoms in total. The second-order valence-electron chi connectivity index (χ2n) is 5.26. The monoisotopic (exact) mass is 319 g/mol. The Morgan fingerprint density at radius 2 is 2.04 bits per heavy atom. The van der Waals surface area contributed by atoms with Gasteiger partial charge in [-0.05, 0) is 19.1 Å². The maximum absolute atomic E-state index is 12.7. The summed E-state index contributed by atoms with van der Waals surface area (Å²) < 4.78 is 0. The number of benzene rings is 1. The van der Waals surface area contributed by atoms with Crippen LogP contribution in [0.5, 0.6) is 0 Å². The van der Waals surface area contributed by atoms with Gasteiger partial charge < -0.3 is 10.2 Å². The number of aromatic nitrogens is 1. The summed E-state index contributed by atoms with van der Waals surface area (Å²) in [6.07, 6.45) is 6.33. The van der Waals surface area contributed by atoms with Gasteiger partial charge in [0, 0.05) is 30.7 Å². The molecule has 1 N–H and O–H groups in total. The number of nitrogens with one attached hydrogen (secondary N) is 1. The van der Waals surface area contributed by atoms with Crippen LogP contribution in [-0.2, 0) is 4.79 Å². The minimum Gasteiger partial charge on any atom is -0.355 e. The first-order valence-corrected chi connectivity index (χ1v) is 7.68. The zero-order valence-corrected chi connectivity index (χ0v) is 13.3. The van der Waals surface area contributed by atoms with Crippen LogP contribution < -0.4 is 5.32 Å². The quantitative estimate of drug-likeness (QED) is 0.877. The van der Waals surface area contributed by atoms with Crippen molar-refractivity contribution in [1.29, 1.82) is 5.26 Å². The minimum absolute atomic E-state index is 0.178.